The van der Waals surface area contributed by atoms with E-state index in [1.54, 1.807) is 0 Å². The Hall–Kier alpha value is -1.10. The Morgan fingerprint density at radius 1 is 1.47 bits per heavy atom. The number of hydrogen-bond donors (Lipinski definition) is 2. The van der Waals surface area contributed by atoms with Gasteiger partial charge in [-0.2, -0.15) is 0 Å². The molecule has 5 heteroatoms. The van der Waals surface area contributed by atoms with Gasteiger partial charge < -0.3 is 15.2 Å². The molecule has 17 heavy (non-hydrogen) atoms. The van der Waals surface area contributed by atoms with Crippen LogP contribution < -0.4 is 5.32 Å². The standard InChI is InChI=1S/C12H19NO4/c1-7(2-5-11(14)15)13-12(16)9-6-8-3-4-10(9)17-8/h7-10H,2-6H2,1H3,(H,13,16)(H,14,15). The predicted octanol–water partition coefficient (Wildman–Crippen LogP) is 0.923. The van der Waals surface area contributed by atoms with Gasteiger partial charge in [0.05, 0.1) is 18.1 Å². The molecule has 4 atom stereocenters. The van der Waals surface area contributed by atoms with Crippen molar-refractivity contribution in [3.05, 3.63) is 0 Å². The van der Waals surface area contributed by atoms with Crippen LogP contribution in [0.4, 0.5) is 0 Å². The van der Waals surface area contributed by atoms with Gasteiger partial charge in [-0.1, -0.05) is 0 Å². The highest BCUT2D eigenvalue weighted by Gasteiger charge is 2.44. The molecule has 1 amide bonds. The molecule has 2 saturated heterocycles. The minimum atomic E-state index is -0.825. The fraction of sp³-hybridized carbons (Fsp3) is 0.833. The molecule has 2 fully saturated rings. The first-order valence-corrected chi connectivity index (χ1v) is 6.24. The van der Waals surface area contributed by atoms with E-state index in [0.29, 0.717) is 6.42 Å². The quantitative estimate of drug-likeness (QED) is 0.750. The Balaban J connectivity index is 1.75. The van der Waals surface area contributed by atoms with Crippen LogP contribution in [0.3, 0.4) is 0 Å². The zero-order valence-electron chi connectivity index (χ0n) is 10.0. The summed E-state index contributed by atoms with van der Waals surface area (Å²) in [5.41, 5.74) is 0. The van der Waals surface area contributed by atoms with Crippen molar-refractivity contribution in [3.8, 4) is 0 Å². The molecule has 0 aromatic carbocycles. The zero-order valence-corrected chi connectivity index (χ0v) is 10.0. The highest BCUT2D eigenvalue weighted by molar-refractivity contribution is 5.80. The predicted molar refractivity (Wildman–Crippen MR) is 60.5 cm³/mol. The topological polar surface area (TPSA) is 75.6 Å². The van der Waals surface area contributed by atoms with Crippen molar-refractivity contribution < 1.29 is 19.4 Å². The Kier molecular flexibility index (Phi) is 3.66. The van der Waals surface area contributed by atoms with Crippen LogP contribution >= 0.6 is 0 Å². The number of fused-ring (bicyclic) bond motifs is 2. The molecule has 2 heterocycles. The van der Waals surface area contributed by atoms with E-state index in [4.69, 9.17) is 9.84 Å². The van der Waals surface area contributed by atoms with E-state index in [2.05, 4.69) is 5.32 Å². The highest BCUT2D eigenvalue weighted by atomic mass is 16.5. The maximum absolute atomic E-state index is 12.0. The van der Waals surface area contributed by atoms with E-state index in [9.17, 15) is 9.59 Å². The average Bonchev–Trinajstić information content (AvgIpc) is 2.87. The van der Waals surface area contributed by atoms with E-state index in [0.717, 1.165) is 19.3 Å². The molecule has 0 spiro atoms. The van der Waals surface area contributed by atoms with Crippen molar-refractivity contribution in [1.29, 1.82) is 0 Å². The summed E-state index contributed by atoms with van der Waals surface area (Å²) in [5.74, 6) is -0.828. The number of carbonyl (C=O) groups is 2. The molecule has 4 unspecified atom stereocenters. The number of amides is 1. The maximum Gasteiger partial charge on any atom is 0.303 e. The van der Waals surface area contributed by atoms with Crippen molar-refractivity contribution in [2.24, 2.45) is 5.92 Å². The number of carboxylic acids is 1. The maximum atomic E-state index is 12.0. The fourth-order valence-corrected chi connectivity index (χ4v) is 2.68. The van der Waals surface area contributed by atoms with Gasteiger partial charge in [-0.05, 0) is 32.6 Å². The molecule has 0 aliphatic carbocycles. The minimum Gasteiger partial charge on any atom is -0.481 e. The number of carboxylic acid groups (broad SMARTS) is 1. The largest absolute Gasteiger partial charge is 0.481 e. The van der Waals surface area contributed by atoms with Crippen molar-refractivity contribution in [2.45, 2.75) is 57.3 Å². The van der Waals surface area contributed by atoms with Crippen molar-refractivity contribution in [2.75, 3.05) is 0 Å². The minimum absolute atomic E-state index is 0.0232. The molecule has 2 aliphatic heterocycles. The van der Waals surface area contributed by atoms with E-state index in [-0.39, 0.29) is 36.5 Å². The van der Waals surface area contributed by atoms with Crippen LogP contribution in [0.5, 0.6) is 0 Å². The second-order valence-corrected chi connectivity index (χ2v) is 5.06. The van der Waals surface area contributed by atoms with Crippen LogP contribution in [0.15, 0.2) is 0 Å². The smallest absolute Gasteiger partial charge is 0.303 e. The molecule has 96 valence electrons. The molecule has 2 bridgehead atoms. The molecule has 0 aromatic heterocycles. The number of carbonyl (C=O) groups excluding carboxylic acids is 1. The van der Waals surface area contributed by atoms with Crippen LogP contribution in [0.25, 0.3) is 0 Å². The number of aliphatic carboxylic acids is 1. The summed E-state index contributed by atoms with van der Waals surface area (Å²) < 4.78 is 5.63. The van der Waals surface area contributed by atoms with E-state index < -0.39 is 5.97 Å². The Bertz CT molecular complexity index is 318. The normalized spacial score (nSPS) is 32.4. The lowest BCUT2D eigenvalue weighted by atomic mass is 9.88. The zero-order chi connectivity index (χ0) is 12.4. The van der Waals surface area contributed by atoms with E-state index in [1.165, 1.54) is 0 Å². The lowest BCUT2D eigenvalue weighted by molar-refractivity contribution is -0.137. The first-order valence-electron chi connectivity index (χ1n) is 6.24. The molecule has 0 radical (unpaired) electrons. The van der Waals surface area contributed by atoms with Crippen LogP contribution in [-0.4, -0.2) is 35.2 Å². The summed E-state index contributed by atoms with van der Waals surface area (Å²) in [6, 6.07) is -0.0854. The first kappa shape index (κ1) is 12.4. The van der Waals surface area contributed by atoms with Crippen molar-refractivity contribution in [1.82, 2.24) is 5.32 Å². The molecule has 0 aromatic rings. The molecule has 2 N–H and O–H groups in total. The summed E-state index contributed by atoms with van der Waals surface area (Å²) >= 11 is 0. The lowest BCUT2D eigenvalue weighted by Crippen LogP contribution is -2.40. The number of hydrogen-bond acceptors (Lipinski definition) is 3. The monoisotopic (exact) mass is 241 g/mol. The number of nitrogens with one attached hydrogen (secondary N) is 1. The summed E-state index contributed by atoms with van der Waals surface area (Å²) in [6.45, 7) is 1.84. The van der Waals surface area contributed by atoms with Gasteiger partial charge in [0.15, 0.2) is 0 Å². The Morgan fingerprint density at radius 3 is 2.76 bits per heavy atom. The Labute approximate surface area is 101 Å². The van der Waals surface area contributed by atoms with E-state index in [1.807, 2.05) is 6.92 Å². The van der Waals surface area contributed by atoms with Gasteiger partial charge in [0.2, 0.25) is 5.91 Å². The van der Waals surface area contributed by atoms with Gasteiger partial charge in [0, 0.05) is 12.5 Å². The van der Waals surface area contributed by atoms with Crippen LogP contribution in [0.1, 0.15) is 39.0 Å². The van der Waals surface area contributed by atoms with Gasteiger partial charge in [-0.15, -0.1) is 0 Å². The Morgan fingerprint density at radius 2 is 2.24 bits per heavy atom. The number of ether oxygens (including phenoxy) is 1. The molecule has 2 rings (SSSR count). The summed E-state index contributed by atoms with van der Waals surface area (Å²) in [4.78, 5) is 22.4. The molecule has 2 aliphatic rings. The summed E-state index contributed by atoms with van der Waals surface area (Å²) in [5, 5.41) is 11.4. The molecular formula is C12H19NO4. The SMILES string of the molecule is CC(CCC(=O)O)NC(=O)C1CC2CCC1O2. The third-order valence-electron chi connectivity index (χ3n) is 3.62. The third kappa shape index (κ3) is 2.97. The van der Waals surface area contributed by atoms with Gasteiger partial charge in [-0.25, -0.2) is 0 Å². The average molecular weight is 241 g/mol. The van der Waals surface area contributed by atoms with Crippen LogP contribution in [0.2, 0.25) is 0 Å². The van der Waals surface area contributed by atoms with Crippen LogP contribution in [-0.2, 0) is 14.3 Å². The van der Waals surface area contributed by atoms with Crippen molar-refractivity contribution in [3.63, 3.8) is 0 Å². The number of rotatable bonds is 5. The summed E-state index contributed by atoms with van der Waals surface area (Å²) in [6.07, 6.45) is 3.80. The molecule has 0 saturated carbocycles. The van der Waals surface area contributed by atoms with Gasteiger partial charge in [0.1, 0.15) is 0 Å². The first-order chi connectivity index (χ1) is 8.06. The van der Waals surface area contributed by atoms with Crippen LogP contribution in [0, 0.1) is 5.92 Å². The van der Waals surface area contributed by atoms with Crippen molar-refractivity contribution >= 4 is 11.9 Å². The second kappa shape index (κ2) is 5.04. The van der Waals surface area contributed by atoms with Gasteiger partial charge >= 0.3 is 5.97 Å². The third-order valence-corrected chi connectivity index (χ3v) is 3.62. The highest BCUT2D eigenvalue weighted by Crippen LogP contribution is 2.38. The lowest BCUT2D eigenvalue weighted by Gasteiger charge is -2.20. The molecule has 5 nitrogen and oxygen atoms in total. The van der Waals surface area contributed by atoms with Gasteiger partial charge in [0.25, 0.3) is 0 Å². The summed E-state index contributed by atoms with van der Waals surface area (Å²) in [7, 11) is 0. The fourth-order valence-electron chi connectivity index (χ4n) is 2.68. The molecular weight excluding hydrogens is 222 g/mol. The van der Waals surface area contributed by atoms with E-state index >= 15 is 0 Å². The van der Waals surface area contributed by atoms with Gasteiger partial charge in [-0.3, -0.25) is 9.59 Å². The second-order valence-electron chi connectivity index (χ2n) is 5.06.